The molecule has 0 amide bonds. The van der Waals surface area contributed by atoms with Crippen LogP contribution in [0.3, 0.4) is 0 Å². The van der Waals surface area contributed by atoms with Gasteiger partial charge in [0.1, 0.15) is 11.6 Å². The first kappa shape index (κ1) is 15.0. The Morgan fingerprint density at radius 1 is 1.17 bits per heavy atom. The molecule has 0 atom stereocenters. The Morgan fingerprint density at radius 2 is 1.87 bits per heavy atom. The average Bonchev–Trinajstić information content (AvgIpc) is 2.96. The monoisotopic (exact) mass is 337 g/mol. The number of rotatable bonds is 3. The van der Waals surface area contributed by atoms with Crippen molar-refractivity contribution in [2.75, 3.05) is 0 Å². The number of nitro benzene ring substituents is 1. The summed E-state index contributed by atoms with van der Waals surface area (Å²) in [5.74, 6) is -2.22. The number of halogens is 3. The minimum absolute atomic E-state index is 0.0939. The first-order valence-corrected chi connectivity index (χ1v) is 6.57. The Morgan fingerprint density at radius 3 is 2.52 bits per heavy atom. The highest BCUT2D eigenvalue weighted by Gasteiger charge is 2.20. The van der Waals surface area contributed by atoms with Crippen molar-refractivity contribution in [2.45, 2.75) is 0 Å². The van der Waals surface area contributed by atoms with Crippen LogP contribution in [0.1, 0.15) is 0 Å². The molecule has 0 aliphatic heterocycles. The van der Waals surface area contributed by atoms with Gasteiger partial charge in [0.25, 0.3) is 11.6 Å². The summed E-state index contributed by atoms with van der Waals surface area (Å²) in [6.07, 6.45) is 0. The molecule has 116 valence electrons. The maximum Gasteiger partial charge on any atom is 0.270 e. The fourth-order valence-corrected chi connectivity index (χ4v) is 2.13. The second-order valence-electron chi connectivity index (χ2n) is 4.44. The average molecular weight is 338 g/mol. The summed E-state index contributed by atoms with van der Waals surface area (Å²) in [6.45, 7) is 0. The van der Waals surface area contributed by atoms with Gasteiger partial charge in [-0.2, -0.15) is 4.98 Å². The molecule has 0 unspecified atom stereocenters. The predicted molar refractivity (Wildman–Crippen MR) is 76.8 cm³/mol. The lowest BCUT2D eigenvalue weighted by molar-refractivity contribution is -0.384. The molecule has 0 aliphatic carbocycles. The van der Waals surface area contributed by atoms with Gasteiger partial charge in [0.05, 0.1) is 21.1 Å². The second kappa shape index (κ2) is 5.73. The summed E-state index contributed by atoms with van der Waals surface area (Å²) < 4.78 is 32.4. The summed E-state index contributed by atoms with van der Waals surface area (Å²) in [7, 11) is 0. The van der Waals surface area contributed by atoms with E-state index in [1.807, 2.05) is 0 Å². The van der Waals surface area contributed by atoms with Crippen LogP contribution in [0, 0.1) is 21.7 Å². The molecule has 1 heterocycles. The summed E-state index contributed by atoms with van der Waals surface area (Å²) in [5.41, 5.74) is -0.596. The van der Waals surface area contributed by atoms with E-state index in [-0.39, 0.29) is 28.0 Å². The van der Waals surface area contributed by atoms with E-state index in [4.69, 9.17) is 16.1 Å². The number of non-ortho nitro benzene ring substituents is 1. The summed E-state index contributed by atoms with van der Waals surface area (Å²) >= 11 is 5.95. The normalized spacial score (nSPS) is 10.7. The zero-order valence-electron chi connectivity index (χ0n) is 11.2. The zero-order valence-corrected chi connectivity index (χ0v) is 11.9. The molecule has 0 spiro atoms. The van der Waals surface area contributed by atoms with E-state index in [0.29, 0.717) is 0 Å². The van der Waals surface area contributed by atoms with Gasteiger partial charge in [0.15, 0.2) is 0 Å². The fraction of sp³-hybridized carbons (Fsp3) is 0. The molecule has 0 fully saturated rings. The molecule has 6 nitrogen and oxygen atoms in total. The highest BCUT2D eigenvalue weighted by Crippen LogP contribution is 2.32. The van der Waals surface area contributed by atoms with E-state index in [0.717, 1.165) is 18.2 Å². The van der Waals surface area contributed by atoms with Crippen LogP contribution < -0.4 is 0 Å². The fourth-order valence-electron chi connectivity index (χ4n) is 1.94. The predicted octanol–water partition coefficient (Wildman–Crippen LogP) is 4.24. The highest BCUT2D eigenvalue weighted by molar-refractivity contribution is 6.33. The van der Waals surface area contributed by atoms with E-state index >= 15 is 0 Å². The van der Waals surface area contributed by atoms with Gasteiger partial charge in [-0.25, -0.2) is 8.78 Å². The Bertz CT molecular complexity index is 894. The summed E-state index contributed by atoms with van der Waals surface area (Å²) in [6, 6.07) is 6.94. The number of hydrogen-bond donors (Lipinski definition) is 0. The molecule has 0 radical (unpaired) electrons. The highest BCUT2D eigenvalue weighted by atomic mass is 35.5. The number of aromatic nitrogens is 2. The third-order valence-corrected chi connectivity index (χ3v) is 3.33. The topological polar surface area (TPSA) is 82.1 Å². The Balaban J connectivity index is 2.10. The smallest absolute Gasteiger partial charge is 0.270 e. The third kappa shape index (κ3) is 2.76. The van der Waals surface area contributed by atoms with E-state index in [1.165, 1.54) is 18.2 Å². The maximum atomic E-state index is 13.7. The van der Waals surface area contributed by atoms with Gasteiger partial charge >= 0.3 is 0 Å². The van der Waals surface area contributed by atoms with Crippen LogP contribution in [-0.2, 0) is 0 Å². The molecule has 2 aromatic carbocycles. The van der Waals surface area contributed by atoms with E-state index in [2.05, 4.69) is 10.1 Å². The van der Waals surface area contributed by atoms with Crippen LogP contribution >= 0.6 is 11.6 Å². The number of benzene rings is 2. The molecule has 3 aromatic rings. The quantitative estimate of drug-likeness (QED) is 0.527. The molecule has 3 rings (SSSR count). The summed E-state index contributed by atoms with van der Waals surface area (Å²) in [5, 5.41) is 14.4. The summed E-state index contributed by atoms with van der Waals surface area (Å²) in [4.78, 5) is 14.1. The van der Waals surface area contributed by atoms with Crippen molar-refractivity contribution >= 4 is 17.3 Å². The second-order valence-corrected chi connectivity index (χ2v) is 4.85. The van der Waals surface area contributed by atoms with Crippen molar-refractivity contribution in [3.63, 3.8) is 0 Å². The number of nitrogens with zero attached hydrogens (tertiary/aromatic N) is 3. The third-order valence-electron chi connectivity index (χ3n) is 3.00. The minimum atomic E-state index is -0.859. The van der Waals surface area contributed by atoms with Crippen LogP contribution in [0.2, 0.25) is 5.02 Å². The lowest BCUT2D eigenvalue weighted by atomic mass is 10.2. The SMILES string of the molecule is O=[N+]([O-])c1ccc(Cl)c(-c2nc(-c3c(F)cccc3F)no2)c1. The molecular weight excluding hydrogens is 332 g/mol. The Hall–Kier alpha value is -2.87. The molecule has 0 aliphatic rings. The van der Waals surface area contributed by atoms with Gasteiger partial charge in [-0.1, -0.05) is 22.8 Å². The van der Waals surface area contributed by atoms with E-state index in [1.54, 1.807) is 0 Å². The molecule has 1 aromatic heterocycles. The molecule has 0 saturated carbocycles. The van der Waals surface area contributed by atoms with Crippen LogP contribution in [0.4, 0.5) is 14.5 Å². The van der Waals surface area contributed by atoms with Gasteiger partial charge < -0.3 is 4.52 Å². The first-order chi connectivity index (χ1) is 11.0. The van der Waals surface area contributed by atoms with Crippen LogP contribution in [0.15, 0.2) is 40.9 Å². The first-order valence-electron chi connectivity index (χ1n) is 6.20. The van der Waals surface area contributed by atoms with Crippen molar-refractivity contribution in [1.29, 1.82) is 0 Å². The van der Waals surface area contributed by atoms with E-state index in [9.17, 15) is 18.9 Å². The van der Waals surface area contributed by atoms with Crippen LogP contribution in [0.5, 0.6) is 0 Å². The van der Waals surface area contributed by atoms with Gasteiger partial charge in [-0.05, 0) is 18.2 Å². The molecule has 0 saturated heterocycles. The molecule has 9 heteroatoms. The van der Waals surface area contributed by atoms with E-state index < -0.39 is 22.1 Å². The Kier molecular flexibility index (Phi) is 3.75. The van der Waals surface area contributed by atoms with Crippen LogP contribution in [-0.4, -0.2) is 15.1 Å². The Labute approximate surface area is 132 Å². The largest absolute Gasteiger partial charge is 0.334 e. The molecular formula is C14H6ClF2N3O3. The molecule has 23 heavy (non-hydrogen) atoms. The lowest BCUT2D eigenvalue weighted by Gasteiger charge is -1.99. The van der Waals surface area contributed by atoms with Gasteiger partial charge in [0, 0.05) is 12.1 Å². The number of nitro groups is 1. The van der Waals surface area contributed by atoms with Crippen LogP contribution in [0.25, 0.3) is 22.8 Å². The van der Waals surface area contributed by atoms with Crippen molar-refractivity contribution in [1.82, 2.24) is 10.1 Å². The number of hydrogen-bond acceptors (Lipinski definition) is 5. The standard InChI is InChI=1S/C14H6ClF2N3O3/c15-9-5-4-7(20(21)22)6-8(9)14-18-13(19-23-14)12-10(16)2-1-3-11(12)17/h1-6H. The van der Waals surface area contributed by atoms with Crippen molar-refractivity contribution in [3.05, 3.63) is 63.2 Å². The van der Waals surface area contributed by atoms with Gasteiger partial charge in [0.2, 0.25) is 5.82 Å². The zero-order chi connectivity index (χ0) is 16.6. The van der Waals surface area contributed by atoms with Gasteiger partial charge in [-0.15, -0.1) is 0 Å². The van der Waals surface area contributed by atoms with Crippen molar-refractivity contribution < 1.29 is 18.2 Å². The van der Waals surface area contributed by atoms with Crippen molar-refractivity contribution in [3.8, 4) is 22.8 Å². The minimum Gasteiger partial charge on any atom is -0.334 e. The van der Waals surface area contributed by atoms with Crippen molar-refractivity contribution in [2.24, 2.45) is 0 Å². The van der Waals surface area contributed by atoms with Gasteiger partial charge in [-0.3, -0.25) is 10.1 Å². The maximum absolute atomic E-state index is 13.7. The molecule has 0 N–H and O–H groups in total. The molecule has 0 bridgehead atoms. The lowest BCUT2D eigenvalue weighted by Crippen LogP contribution is -1.92.